The first-order chi connectivity index (χ1) is 9.56. The van der Waals surface area contributed by atoms with E-state index in [-0.39, 0.29) is 18.1 Å². The maximum atomic E-state index is 11.2. The minimum absolute atomic E-state index is 0.0212. The zero-order valence-electron chi connectivity index (χ0n) is 11.3. The van der Waals surface area contributed by atoms with E-state index in [1.54, 1.807) is 12.1 Å². The van der Waals surface area contributed by atoms with Crippen molar-refractivity contribution in [2.24, 2.45) is 5.73 Å². The van der Waals surface area contributed by atoms with Gasteiger partial charge in [0, 0.05) is 12.6 Å². The Bertz CT molecular complexity index is 498. The lowest BCUT2D eigenvalue weighted by Gasteiger charge is -2.27. The zero-order valence-corrected chi connectivity index (χ0v) is 11.3. The monoisotopic (exact) mass is 277 g/mol. The number of rotatable bonds is 6. The van der Waals surface area contributed by atoms with Gasteiger partial charge in [0.2, 0.25) is 5.91 Å². The number of aromatic nitrogens is 1. The van der Waals surface area contributed by atoms with Crippen molar-refractivity contribution in [3.8, 4) is 0 Å². The molecule has 0 aliphatic heterocycles. The SMILES string of the molecule is NC(=O)CN(Cc1cccc(C(=O)O)n1)C1CCCC1. The van der Waals surface area contributed by atoms with Gasteiger partial charge in [-0.3, -0.25) is 9.69 Å². The number of primary amides is 1. The maximum absolute atomic E-state index is 11.2. The van der Waals surface area contributed by atoms with Crippen LogP contribution in [0.3, 0.4) is 0 Å². The second-order valence-electron chi connectivity index (χ2n) is 5.13. The lowest BCUT2D eigenvalue weighted by molar-refractivity contribution is -0.119. The molecule has 0 saturated heterocycles. The summed E-state index contributed by atoms with van der Waals surface area (Å²) in [6.45, 7) is 0.637. The second kappa shape index (κ2) is 6.47. The van der Waals surface area contributed by atoms with Crippen LogP contribution in [0, 0.1) is 0 Å². The summed E-state index contributed by atoms with van der Waals surface area (Å²) in [4.78, 5) is 28.2. The molecule has 1 aliphatic rings. The first kappa shape index (κ1) is 14.5. The predicted molar refractivity (Wildman–Crippen MR) is 73.1 cm³/mol. The summed E-state index contributed by atoms with van der Waals surface area (Å²) in [7, 11) is 0. The number of carboxylic acid groups (broad SMARTS) is 1. The molecule has 1 fully saturated rings. The maximum Gasteiger partial charge on any atom is 0.354 e. The molecule has 6 nitrogen and oxygen atoms in total. The standard InChI is InChI=1S/C14H19N3O3/c15-13(18)9-17(11-5-1-2-6-11)8-10-4-3-7-12(16-10)14(19)20/h3-4,7,11H,1-2,5-6,8-9H2,(H2,15,18)(H,19,20). The van der Waals surface area contributed by atoms with Crippen LogP contribution in [-0.4, -0.2) is 39.5 Å². The summed E-state index contributed by atoms with van der Waals surface area (Å²) in [5.41, 5.74) is 5.97. The summed E-state index contributed by atoms with van der Waals surface area (Å²) in [6.07, 6.45) is 4.41. The lowest BCUT2D eigenvalue weighted by atomic mass is 10.2. The number of nitrogens with two attached hydrogens (primary N) is 1. The average molecular weight is 277 g/mol. The normalized spacial score (nSPS) is 15.7. The van der Waals surface area contributed by atoms with Gasteiger partial charge in [0.15, 0.2) is 0 Å². The summed E-state index contributed by atoms with van der Waals surface area (Å²) >= 11 is 0. The van der Waals surface area contributed by atoms with Crippen molar-refractivity contribution in [2.75, 3.05) is 6.54 Å². The molecule has 1 amide bonds. The van der Waals surface area contributed by atoms with Crippen molar-refractivity contribution in [3.05, 3.63) is 29.6 Å². The van der Waals surface area contributed by atoms with Gasteiger partial charge in [-0.05, 0) is 25.0 Å². The number of hydrogen-bond acceptors (Lipinski definition) is 4. The Morgan fingerprint density at radius 3 is 2.65 bits per heavy atom. The summed E-state index contributed by atoms with van der Waals surface area (Å²) in [6, 6.07) is 5.23. The van der Waals surface area contributed by atoms with Crippen LogP contribution in [-0.2, 0) is 11.3 Å². The van der Waals surface area contributed by atoms with Gasteiger partial charge in [-0.2, -0.15) is 0 Å². The Balaban J connectivity index is 2.11. The van der Waals surface area contributed by atoms with Crippen molar-refractivity contribution in [1.82, 2.24) is 9.88 Å². The van der Waals surface area contributed by atoms with Crippen LogP contribution in [0.4, 0.5) is 0 Å². The van der Waals surface area contributed by atoms with Gasteiger partial charge >= 0.3 is 5.97 Å². The molecule has 0 spiro atoms. The summed E-state index contributed by atoms with van der Waals surface area (Å²) in [5.74, 6) is -1.42. The smallest absolute Gasteiger partial charge is 0.354 e. The third-order valence-corrected chi connectivity index (χ3v) is 3.59. The van der Waals surface area contributed by atoms with Gasteiger partial charge in [0.1, 0.15) is 5.69 Å². The molecule has 20 heavy (non-hydrogen) atoms. The molecular formula is C14H19N3O3. The Morgan fingerprint density at radius 1 is 1.35 bits per heavy atom. The van der Waals surface area contributed by atoms with Crippen molar-refractivity contribution < 1.29 is 14.7 Å². The molecule has 0 atom stereocenters. The van der Waals surface area contributed by atoms with E-state index in [0.29, 0.717) is 18.3 Å². The molecule has 0 aromatic carbocycles. The number of hydrogen-bond donors (Lipinski definition) is 2. The van der Waals surface area contributed by atoms with E-state index in [1.807, 2.05) is 4.90 Å². The average Bonchev–Trinajstić information content (AvgIpc) is 2.91. The number of pyridine rings is 1. The Hall–Kier alpha value is -1.95. The van der Waals surface area contributed by atoms with Crippen molar-refractivity contribution in [3.63, 3.8) is 0 Å². The highest BCUT2D eigenvalue weighted by atomic mass is 16.4. The molecule has 1 aromatic rings. The highest BCUT2D eigenvalue weighted by Crippen LogP contribution is 2.24. The van der Waals surface area contributed by atoms with E-state index < -0.39 is 5.97 Å². The minimum Gasteiger partial charge on any atom is -0.477 e. The van der Waals surface area contributed by atoms with Crippen LogP contribution < -0.4 is 5.73 Å². The minimum atomic E-state index is -1.05. The highest BCUT2D eigenvalue weighted by Gasteiger charge is 2.24. The quantitative estimate of drug-likeness (QED) is 0.809. The van der Waals surface area contributed by atoms with Crippen LogP contribution in [0.15, 0.2) is 18.2 Å². The van der Waals surface area contributed by atoms with E-state index in [4.69, 9.17) is 10.8 Å². The van der Waals surface area contributed by atoms with Gasteiger partial charge in [-0.1, -0.05) is 18.9 Å². The van der Waals surface area contributed by atoms with Gasteiger partial charge in [-0.15, -0.1) is 0 Å². The number of carbonyl (C=O) groups is 2. The van der Waals surface area contributed by atoms with Crippen LogP contribution >= 0.6 is 0 Å². The molecule has 108 valence electrons. The van der Waals surface area contributed by atoms with Crippen LogP contribution in [0.2, 0.25) is 0 Å². The molecule has 0 bridgehead atoms. The fraction of sp³-hybridized carbons (Fsp3) is 0.500. The molecule has 2 rings (SSSR count). The van der Waals surface area contributed by atoms with E-state index in [2.05, 4.69) is 4.98 Å². The molecule has 1 aliphatic carbocycles. The number of amides is 1. The van der Waals surface area contributed by atoms with E-state index >= 15 is 0 Å². The summed E-state index contributed by atoms with van der Waals surface area (Å²) < 4.78 is 0. The summed E-state index contributed by atoms with van der Waals surface area (Å²) in [5, 5.41) is 8.95. The van der Waals surface area contributed by atoms with E-state index in [9.17, 15) is 9.59 Å². The lowest BCUT2D eigenvalue weighted by Crippen LogP contribution is -2.39. The third kappa shape index (κ3) is 3.77. The largest absolute Gasteiger partial charge is 0.477 e. The van der Waals surface area contributed by atoms with Gasteiger partial charge in [-0.25, -0.2) is 9.78 Å². The molecule has 1 saturated carbocycles. The first-order valence-corrected chi connectivity index (χ1v) is 6.78. The molecule has 0 radical (unpaired) electrons. The predicted octanol–water partition coefficient (Wildman–Crippen LogP) is 1.01. The van der Waals surface area contributed by atoms with Gasteiger partial charge < -0.3 is 10.8 Å². The fourth-order valence-corrected chi connectivity index (χ4v) is 2.68. The van der Waals surface area contributed by atoms with Crippen molar-refractivity contribution >= 4 is 11.9 Å². The van der Waals surface area contributed by atoms with Gasteiger partial charge in [0.25, 0.3) is 0 Å². The zero-order chi connectivity index (χ0) is 14.5. The van der Waals surface area contributed by atoms with Crippen LogP contribution in [0.1, 0.15) is 41.9 Å². The molecular weight excluding hydrogens is 258 g/mol. The number of aromatic carboxylic acids is 1. The van der Waals surface area contributed by atoms with Crippen LogP contribution in [0.5, 0.6) is 0 Å². The van der Waals surface area contributed by atoms with E-state index in [0.717, 1.165) is 25.7 Å². The topological polar surface area (TPSA) is 96.5 Å². The van der Waals surface area contributed by atoms with Crippen LogP contribution in [0.25, 0.3) is 0 Å². The second-order valence-corrected chi connectivity index (χ2v) is 5.13. The molecule has 1 aromatic heterocycles. The Morgan fingerprint density at radius 2 is 2.05 bits per heavy atom. The molecule has 0 unspecified atom stereocenters. The van der Waals surface area contributed by atoms with Crippen molar-refractivity contribution in [2.45, 2.75) is 38.3 Å². The van der Waals surface area contributed by atoms with Gasteiger partial charge in [0.05, 0.1) is 12.2 Å². The molecule has 1 heterocycles. The first-order valence-electron chi connectivity index (χ1n) is 6.78. The van der Waals surface area contributed by atoms with E-state index in [1.165, 1.54) is 6.07 Å². The third-order valence-electron chi connectivity index (χ3n) is 3.59. The Labute approximate surface area is 117 Å². The fourth-order valence-electron chi connectivity index (χ4n) is 2.68. The molecule has 3 N–H and O–H groups in total. The highest BCUT2D eigenvalue weighted by molar-refractivity contribution is 5.85. The number of carboxylic acids is 1. The van der Waals surface area contributed by atoms with Crippen molar-refractivity contribution in [1.29, 1.82) is 0 Å². The Kier molecular flexibility index (Phi) is 4.68. The molecule has 6 heteroatoms. The number of carbonyl (C=O) groups excluding carboxylic acids is 1. The number of nitrogens with zero attached hydrogens (tertiary/aromatic N) is 2.